The summed E-state index contributed by atoms with van der Waals surface area (Å²) in [6, 6.07) is 23.7. The van der Waals surface area contributed by atoms with Crippen molar-refractivity contribution in [1.82, 2.24) is 4.90 Å². The number of carbonyl (C=O) groups is 2. The fourth-order valence-corrected chi connectivity index (χ4v) is 3.62. The van der Waals surface area contributed by atoms with E-state index in [2.05, 4.69) is 5.32 Å². The van der Waals surface area contributed by atoms with Gasteiger partial charge in [-0.25, -0.2) is 4.79 Å². The zero-order valence-electron chi connectivity index (χ0n) is 15.5. The topological polar surface area (TPSA) is 58.6 Å². The summed E-state index contributed by atoms with van der Waals surface area (Å²) >= 11 is 6.24. The highest BCUT2D eigenvalue weighted by Gasteiger charge is 2.34. The highest BCUT2D eigenvalue weighted by Crippen LogP contribution is 2.37. The molecule has 0 unspecified atom stereocenters. The molecule has 1 aliphatic heterocycles. The maximum atomic E-state index is 13.0. The molecule has 0 aliphatic carbocycles. The lowest BCUT2D eigenvalue weighted by Gasteiger charge is -2.29. The summed E-state index contributed by atoms with van der Waals surface area (Å²) in [4.78, 5) is 27.0. The second kappa shape index (κ2) is 8.37. The minimum atomic E-state index is -0.564. The molecule has 0 saturated carbocycles. The second-order valence-corrected chi connectivity index (χ2v) is 7.20. The molecule has 1 N–H and O–H groups in total. The van der Waals surface area contributed by atoms with Gasteiger partial charge in [0.25, 0.3) is 0 Å². The van der Waals surface area contributed by atoms with Crippen molar-refractivity contribution in [1.29, 1.82) is 0 Å². The van der Waals surface area contributed by atoms with Crippen molar-refractivity contribution in [2.45, 2.75) is 12.6 Å². The standard InChI is InChI=1S/C23H19ClN2O3/c24-18-11-12-20-19(13-18)22(17-9-5-2-6-10-17)26(14-21(27)25-20)23(28)29-15-16-7-3-1-4-8-16/h1-13,22H,14-15H2,(H,25,27)/t22-/m0/s1. The summed E-state index contributed by atoms with van der Waals surface area (Å²) in [5, 5.41) is 3.39. The molecule has 4 rings (SSSR count). The van der Waals surface area contributed by atoms with Crippen LogP contribution in [0.5, 0.6) is 0 Å². The molecular formula is C23H19ClN2O3. The third-order valence-corrected chi connectivity index (χ3v) is 5.00. The minimum absolute atomic E-state index is 0.126. The number of benzene rings is 3. The molecule has 29 heavy (non-hydrogen) atoms. The van der Waals surface area contributed by atoms with Crippen LogP contribution in [-0.2, 0) is 16.1 Å². The minimum Gasteiger partial charge on any atom is -0.445 e. The average molecular weight is 407 g/mol. The van der Waals surface area contributed by atoms with E-state index in [1.807, 2.05) is 60.7 Å². The fourth-order valence-electron chi connectivity index (χ4n) is 3.44. The number of carbonyl (C=O) groups excluding carboxylic acids is 2. The smallest absolute Gasteiger partial charge is 0.411 e. The van der Waals surface area contributed by atoms with Gasteiger partial charge in [0.1, 0.15) is 13.2 Å². The van der Waals surface area contributed by atoms with Crippen LogP contribution in [0.2, 0.25) is 5.02 Å². The molecule has 1 atom stereocenters. The Morgan fingerprint density at radius 2 is 1.72 bits per heavy atom. The van der Waals surface area contributed by atoms with Crippen LogP contribution in [-0.4, -0.2) is 23.4 Å². The van der Waals surface area contributed by atoms with Crippen LogP contribution in [0.25, 0.3) is 0 Å². The number of rotatable bonds is 3. The van der Waals surface area contributed by atoms with Gasteiger partial charge in [-0.15, -0.1) is 0 Å². The normalized spacial score (nSPS) is 15.8. The molecule has 1 heterocycles. The molecule has 0 radical (unpaired) electrons. The number of amides is 2. The van der Waals surface area contributed by atoms with E-state index >= 15 is 0 Å². The Balaban J connectivity index is 1.71. The van der Waals surface area contributed by atoms with Crippen molar-refractivity contribution in [2.24, 2.45) is 0 Å². The Bertz CT molecular complexity index is 1020. The van der Waals surface area contributed by atoms with E-state index in [1.165, 1.54) is 4.90 Å². The molecule has 146 valence electrons. The average Bonchev–Trinajstić information content (AvgIpc) is 2.89. The van der Waals surface area contributed by atoms with Crippen LogP contribution in [0, 0.1) is 0 Å². The first-order valence-electron chi connectivity index (χ1n) is 9.23. The van der Waals surface area contributed by atoms with E-state index < -0.39 is 12.1 Å². The van der Waals surface area contributed by atoms with Gasteiger partial charge in [-0.2, -0.15) is 0 Å². The molecule has 5 nitrogen and oxygen atoms in total. The molecule has 3 aromatic carbocycles. The van der Waals surface area contributed by atoms with Crippen molar-refractivity contribution in [3.8, 4) is 0 Å². The molecule has 3 aromatic rings. The largest absolute Gasteiger partial charge is 0.445 e. The van der Waals surface area contributed by atoms with Crippen LogP contribution in [0.4, 0.5) is 10.5 Å². The molecule has 0 bridgehead atoms. The number of nitrogens with zero attached hydrogens (tertiary/aromatic N) is 1. The number of hydrogen-bond acceptors (Lipinski definition) is 3. The van der Waals surface area contributed by atoms with Gasteiger partial charge in [0, 0.05) is 16.3 Å². The number of fused-ring (bicyclic) bond motifs is 1. The van der Waals surface area contributed by atoms with Gasteiger partial charge in [0.2, 0.25) is 5.91 Å². The fraction of sp³-hybridized carbons (Fsp3) is 0.130. The van der Waals surface area contributed by atoms with Gasteiger partial charge in [-0.05, 0) is 29.3 Å². The second-order valence-electron chi connectivity index (χ2n) is 6.76. The van der Waals surface area contributed by atoms with Crippen molar-refractivity contribution < 1.29 is 14.3 Å². The summed E-state index contributed by atoms with van der Waals surface area (Å²) in [5.41, 5.74) is 3.11. The highest BCUT2D eigenvalue weighted by molar-refractivity contribution is 6.30. The monoisotopic (exact) mass is 406 g/mol. The molecule has 1 aliphatic rings. The van der Waals surface area contributed by atoms with Crippen molar-refractivity contribution in [3.63, 3.8) is 0 Å². The lowest BCUT2D eigenvalue weighted by atomic mass is 9.96. The summed E-state index contributed by atoms with van der Waals surface area (Å²) in [7, 11) is 0. The van der Waals surface area contributed by atoms with E-state index in [0.29, 0.717) is 10.7 Å². The first-order valence-corrected chi connectivity index (χ1v) is 9.61. The van der Waals surface area contributed by atoms with Crippen molar-refractivity contribution in [3.05, 3.63) is 101 Å². The van der Waals surface area contributed by atoms with E-state index in [-0.39, 0.29) is 19.1 Å². The van der Waals surface area contributed by atoms with Gasteiger partial charge >= 0.3 is 6.09 Å². The van der Waals surface area contributed by atoms with Gasteiger partial charge < -0.3 is 10.1 Å². The van der Waals surface area contributed by atoms with Crippen LogP contribution in [0.3, 0.4) is 0 Å². The summed E-state index contributed by atoms with van der Waals surface area (Å²) < 4.78 is 5.54. The Morgan fingerprint density at radius 1 is 1.03 bits per heavy atom. The molecule has 2 amide bonds. The zero-order valence-corrected chi connectivity index (χ0v) is 16.3. The zero-order chi connectivity index (χ0) is 20.2. The summed E-state index contributed by atoms with van der Waals surface area (Å²) in [5.74, 6) is -0.288. The van der Waals surface area contributed by atoms with E-state index in [4.69, 9.17) is 16.3 Å². The first kappa shape index (κ1) is 19.0. The lowest BCUT2D eigenvalue weighted by molar-refractivity contribution is -0.117. The summed E-state index contributed by atoms with van der Waals surface area (Å²) in [6.45, 7) is 0.00118. The SMILES string of the molecule is O=C1CN(C(=O)OCc2ccccc2)[C@@H](c2ccccc2)c2cc(Cl)ccc2N1. The first-order chi connectivity index (χ1) is 14.1. The molecule has 0 aromatic heterocycles. The number of anilines is 1. The van der Waals surface area contributed by atoms with Crippen molar-refractivity contribution in [2.75, 3.05) is 11.9 Å². The van der Waals surface area contributed by atoms with Gasteiger partial charge in [-0.1, -0.05) is 72.3 Å². The van der Waals surface area contributed by atoms with Gasteiger partial charge in [-0.3, -0.25) is 9.69 Å². The van der Waals surface area contributed by atoms with E-state index in [9.17, 15) is 9.59 Å². The molecule has 6 heteroatoms. The van der Waals surface area contributed by atoms with Crippen molar-refractivity contribution >= 4 is 29.3 Å². The predicted molar refractivity (Wildman–Crippen MR) is 112 cm³/mol. The van der Waals surface area contributed by atoms with Crippen LogP contribution < -0.4 is 5.32 Å². The quantitative estimate of drug-likeness (QED) is 0.664. The third-order valence-electron chi connectivity index (χ3n) is 4.76. The van der Waals surface area contributed by atoms with Gasteiger partial charge in [0.15, 0.2) is 0 Å². The number of hydrogen-bond donors (Lipinski definition) is 1. The third kappa shape index (κ3) is 4.25. The molecule has 0 saturated heterocycles. The highest BCUT2D eigenvalue weighted by atomic mass is 35.5. The molecular weight excluding hydrogens is 388 g/mol. The Morgan fingerprint density at radius 3 is 2.45 bits per heavy atom. The van der Waals surface area contributed by atoms with Crippen LogP contribution >= 0.6 is 11.6 Å². The Hall–Kier alpha value is -3.31. The number of nitrogens with one attached hydrogen (secondary N) is 1. The summed E-state index contributed by atoms with van der Waals surface area (Å²) in [6.07, 6.45) is -0.564. The number of ether oxygens (including phenoxy) is 1. The maximum absolute atomic E-state index is 13.0. The Labute approximate surface area is 173 Å². The van der Waals surface area contributed by atoms with E-state index in [1.54, 1.807) is 18.2 Å². The van der Waals surface area contributed by atoms with Gasteiger partial charge in [0.05, 0.1) is 6.04 Å². The Kier molecular flexibility index (Phi) is 5.49. The maximum Gasteiger partial charge on any atom is 0.411 e. The predicted octanol–water partition coefficient (Wildman–Crippen LogP) is 5.02. The van der Waals surface area contributed by atoms with E-state index in [0.717, 1.165) is 16.7 Å². The van der Waals surface area contributed by atoms with Crippen LogP contribution in [0.15, 0.2) is 78.9 Å². The molecule has 0 fully saturated rings. The number of halogens is 1. The lowest BCUT2D eigenvalue weighted by Crippen LogP contribution is -2.39. The molecule has 0 spiro atoms. The van der Waals surface area contributed by atoms with Crippen LogP contribution in [0.1, 0.15) is 22.7 Å².